The van der Waals surface area contributed by atoms with Gasteiger partial charge in [-0.3, -0.25) is 9.36 Å². The molecule has 16 heteroatoms. The summed E-state index contributed by atoms with van der Waals surface area (Å²) in [6, 6.07) is 9.91. The summed E-state index contributed by atoms with van der Waals surface area (Å²) in [6.45, 7) is 15.5. The number of benzene rings is 2. The fourth-order valence-electron chi connectivity index (χ4n) is 5.99. The molecule has 3 aromatic rings. The van der Waals surface area contributed by atoms with Gasteiger partial charge in [-0.25, -0.2) is 23.2 Å². The molecule has 286 valence electrons. The van der Waals surface area contributed by atoms with Gasteiger partial charge in [0.05, 0.1) is 39.9 Å². The minimum atomic E-state index is -3.58. The van der Waals surface area contributed by atoms with Crippen molar-refractivity contribution in [3.05, 3.63) is 58.7 Å². The topological polar surface area (TPSA) is 161 Å². The lowest BCUT2D eigenvalue weighted by atomic mass is 9.87. The van der Waals surface area contributed by atoms with E-state index in [0.29, 0.717) is 30.2 Å². The molecule has 1 aliphatic rings. The van der Waals surface area contributed by atoms with Gasteiger partial charge >= 0.3 is 5.97 Å². The van der Waals surface area contributed by atoms with Crippen LogP contribution in [0.25, 0.3) is 0 Å². The van der Waals surface area contributed by atoms with Gasteiger partial charge in [0.25, 0.3) is 0 Å². The van der Waals surface area contributed by atoms with Gasteiger partial charge in [-0.15, -0.1) is 0 Å². The molecule has 1 fully saturated rings. The number of carbonyl (C=O) groups excluding carboxylic acids is 1. The SMILES string of the molecule is COCP(=O)(N[C@@H](C)C(=O)OC(C)C)N1CCC(c2cc(OC(C)C)c(Nc3ncc(Cl)c(Nc4ccccc4S(=O)(=O)C(C)C)n3)cc2C)CC1. The zero-order valence-electron chi connectivity index (χ0n) is 31.4. The molecule has 0 amide bonds. The van der Waals surface area contributed by atoms with Gasteiger partial charge in [-0.2, -0.15) is 4.98 Å². The summed E-state index contributed by atoms with van der Waals surface area (Å²) in [5, 5.41) is 9.00. The number of carbonyl (C=O) groups is 1. The molecular formula is C36H52ClN6O7PS. The van der Waals surface area contributed by atoms with Crippen molar-refractivity contribution in [2.75, 3.05) is 37.2 Å². The third kappa shape index (κ3) is 10.2. The maximum atomic E-state index is 14.1. The summed E-state index contributed by atoms with van der Waals surface area (Å²) in [5.74, 6) is 0.802. The largest absolute Gasteiger partial charge is 0.489 e. The van der Waals surface area contributed by atoms with E-state index in [1.165, 1.54) is 13.3 Å². The number of para-hydroxylation sites is 1. The first-order valence-electron chi connectivity index (χ1n) is 17.5. The number of anilines is 4. The Hall–Kier alpha value is -3.26. The van der Waals surface area contributed by atoms with Gasteiger partial charge in [-0.1, -0.05) is 23.7 Å². The smallest absolute Gasteiger partial charge is 0.323 e. The van der Waals surface area contributed by atoms with Crippen LogP contribution in [-0.2, 0) is 28.7 Å². The van der Waals surface area contributed by atoms with E-state index in [2.05, 4.69) is 25.7 Å². The van der Waals surface area contributed by atoms with E-state index in [1.54, 1.807) is 58.9 Å². The highest BCUT2D eigenvalue weighted by Crippen LogP contribution is 2.49. The second-order valence-electron chi connectivity index (χ2n) is 13.8. The second kappa shape index (κ2) is 17.7. The number of halogens is 1. The molecule has 1 aromatic heterocycles. The number of ether oxygens (including phenoxy) is 3. The minimum absolute atomic E-state index is 0.0315. The van der Waals surface area contributed by atoms with Crippen molar-refractivity contribution in [3.63, 3.8) is 0 Å². The van der Waals surface area contributed by atoms with Crippen LogP contribution in [0.2, 0.25) is 5.02 Å². The first-order chi connectivity index (χ1) is 24.4. The summed E-state index contributed by atoms with van der Waals surface area (Å²) < 4.78 is 59.0. The van der Waals surface area contributed by atoms with E-state index in [9.17, 15) is 17.8 Å². The van der Waals surface area contributed by atoms with Gasteiger partial charge in [0.2, 0.25) is 13.4 Å². The van der Waals surface area contributed by atoms with Crippen LogP contribution < -0.4 is 20.5 Å². The van der Waals surface area contributed by atoms with Crippen molar-refractivity contribution in [3.8, 4) is 5.75 Å². The maximum Gasteiger partial charge on any atom is 0.323 e. The number of aryl methyl sites for hydroxylation is 1. The Morgan fingerprint density at radius 1 is 1.02 bits per heavy atom. The lowest BCUT2D eigenvalue weighted by Crippen LogP contribution is -2.42. The Kier molecular flexibility index (Phi) is 14.1. The molecule has 0 saturated carbocycles. The van der Waals surface area contributed by atoms with Crippen molar-refractivity contribution < 1.29 is 32.0 Å². The number of hydrogen-bond donors (Lipinski definition) is 3. The van der Waals surface area contributed by atoms with E-state index >= 15 is 0 Å². The Morgan fingerprint density at radius 2 is 1.69 bits per heavy atom. The average molecular weight is 779 g/mol. The first-order valence-corrected chi connectivity index (χ1v) is 21.2. The highest BCUT2D eigenvalue weighted by Gasteiger charge is 2.37. The van der Waals surface area contributed by atoms with Crippen LogP contribution in [0.15, 0.2) is 47.5 Å². The molecule has 4 rings (SSSR count). The number of rotatable bonds is 16. The van der Waals surface area contributed by atoms with Crippen molar-refractivity contribution in [2.45, 2.75) is 103 Å². The van der Waals surface area contributed by atoms with Crippen LogP contribution in [-0.4, -0.2) is 79.1 Å². The number of nitrogens with one attached hydrogen (secondary N) is 3. The average Bonchev–Trinajstić information content (AvgIpc) is 3.07. The van der Waals surface area contributed by atoms with Crippen LogP contribution >= 0.6 is 19.0 Å². The van der Waals surface area contributed by atoms with Crippen molar-refractivity contribution in [2.24, 2.45) is 0 Å². The van der Waals surface area contributed by atoms with Gasteiger partial charge < -0.3 is 24.8 Å². The predicted molar refractivity (Wildman–Crippen MR) is 206 cm³/mol. The van der Waals surface area contributed by atoms with Crippen molar-refractivity contribution in [1.82, 2.24) is 19.7 Å². The van der Waals surface area contributed by atoms with Gasteiger partial charge in [0.15, 0.2) is 15.7 Å². The molecule has 2 atom stereocenters. The lowest BCUT2D eigenvalue weighted by Gasteiger charge is -2.38. The first kappa shape index (κ1) is 41.5. The van der Waals surface area contributed by atoms with Crippen LogP contribution in [0.1, 0.15) is 78.4 Å². The Morgan fingerprint density at radius 3 is 2.31 bits per heavy atom. The van der Waals surface area contributed by atoms with E-state index in [1.807, 2.05) is 37.6 Å². The Balaban J connectivity index is 1.55. The van der Waals surface area contributed by atoms with E-state index in [-0.39, 0.29) is 46.2 Å². The molecule has 0 aliphatic carbocycles. The molecule has 2 aromatic carbocycles. The predicted octanol–water partition coefficient (Wildman–Crippen LogP) is 7.80. The number of sulfone groups is 1. The van der Waals surface area contributed by atoms with Crippen molar-refractivity contribution in [1.29, 1.82) is 0 Å². The summed E-state index contributed by atoms with van der Waals surface area (Å²) in [4.78, 5) is 21.6. The second-order valence-corrected chi connectivity index (χ2v) is 19.2. The van der Waals surface area contributed by atoms with Gasteiger partial charge in [0.1, 0.15) is 23.2 Å². The molecule has 1 unspecified atom stereocenters. The number of methoxy groups -OCH3 is 1. The van der Waals surface area contributed by atoms with Gasteiger partial charge in [-0.05, 0) is 110 Å². The molecule has 1 saturated heterocycles. The number of hydrogen-bond acceptors (Lipinski definition) is 11. The van der Waals surface area contributed by atoms with Crippen LogP contribution in [0.3, 0.4) is 0 Å². The summed E-state index contributed by atoms with van der Waals surface area (Å²) in [6.07, 6.45) is 2.48. The van der Waals surface area contributed by atoms with Crippen molar-refractivity contribution >= 4 is 58.0 Å². The maximum absolute atomic E-state index is 14.1. The normalized spacial score (nSPS) is 16.2. The molecule has 1 aliphatic heterocycles. The third-order valence-electron chi connectivity index (χ3n) is 8.56. The van der Waals surface area contributed by atoms with Crippen LogP contribution in [0, 0.1) is 6.92 Å². The van der Waals surface area contributed by atoms with Gasteiger partial charge in [0, 0.05) is 20.2 Å². The zero-order chi connectivity index (χ0) is 38.4. The fourth-order valence-corrected chi connectivity index (χ4v) is 9.67. The molecule has 0 radical (unpaired) electrons. The van der Waals surface area contributed by atoms with Crippen LogP contribution in [0.5, 0.6) is 5.75 Å². The van der Waals surface area contributed by atoms with E-state index < -0.39 is 34.5 Å². The standard InChI is InChI=1S/C36H52ClN6O7PS/c1-22(2)49-32-19-28(27-14-16-43(17-15-27)51(45,21-48-9)42-26(8)35(44)50-23(3)4)25(7)18-31(32)40-36-38-20-29(37)34(41-36)39-30-12-10-11-13-33(30)52(46,47)24(5)6/h10-13,18-20,22-24,26-27H,14-17,21H2,1-9H3,(H,42,45)(H2,38,39,40,41)/t26-,51?/m0/s1. The Labute approximate surface area is 313 Å². The fraction of sp³-hybridized carbons (Fsp3) is 0.528. The molecule has 3 N–H and O–H groups in total. The summed E-state index contributed by atoms with van der Waals surface area (Å²) in [7, 11) is -5.32. The molecular weight excluding hydrogens is 727 g/mol. The quantitative estimate of drug-likeness (QED) is 0.0955. The van der Waals surface area contributed by atoms with E-state index in [4.69, 9.17) is 25.8 Å². The number of nitrogens with zero attached hydrogens (tertiary/aromatic N) is 3. The molecule has 0 bridgehead atoms. The summed E-state index contributed by atoms with van der Waals surface area (Å²) in [5.41, 5.74) is 3.15. The Bertz CT molecular complexity index is 1870. The molecule has 13 nitrogen and oxygen atoms in total. The number of aromatic nitrogens is 2. The number of piperidine rings is 1. The molecule has 52 heavy (non-hydrogen) atoms. The van der Waals surface area contributed by atoms with E-state index in [0.717, 1.165) is 24.0 Å². The lowest BCUT2D eigenvalue weighted by molar-refractivity contribution is -0.149. The zero-order valence-corrected chi connectivity index (χ0v) is 33.9. The molecule has 0 spiro atoms. The monoisotopic (exact) mass is 778 g/mol. The third-order valence-corrected chi connectivity index (χ3v) is 13.8. The highest BCUT2D eigenvalue weighted by atomic mass is 35.5. The minimum Gasteiger partial charge on any atom is -0.489 e. The van der Waals surface area contributed by atoms with Crippen LogP contribution in [0.4, 0.5) is 23.1 Å². The molecule has 2 heterocycles. The highest BCUT2D eigenvalue weighted by molar-refractivity contribution is 7.92. The summed E-state index contributed by atoms with van der Waals surface area (Å²) >= 11 is 6.48. The number of esters is 1.